The molecule has 0 aliphatic carbocycles. The lowest BCUT2D eigenvalue weighted by Crippen LogP contribution is -2.55. The van der Waals surface area contributed by atoms with Crippen LogP contribution in [0.1, 0.15) is 22.8 Å². The van der Waals surface area contributed by atoms with Gasteiger partial charge in [0.2, 0.25) is 6.10 Å². The summed E-state index contributed by atoms with van der Waals surface area (Å²) in [6.45, 7) is 1.83. The van der Waals surface area contributed by atoms with Gasteiger partial charge >= 0.3 is 11.9 Å². The minimum absolute atomic E-state index is 0.0847. The Hall–Kier alpha value is -2.94. The van der Waals surface area contributed by atoms with E-state index in [1.54, 1.807) is 30.1 Å². The molecule has 2 unspecified atom stereocenters. The molecule has 2 aliphatic rings. The van der Waals surface area contributed by atoms with Crippen LogP contribution in [0.4, 0.5) is 5.69 Å². The highest BCUT2D eigenvalue weighted by Crippen LogP contribution is 2.28. The number of hydrogen-bond donors (Lipinski definition) is 1. The van der Waals surface area contributed by atoms with Crippen LogP contribution in [-0.2, 0) is 30.4 Å². The van der Waals surface area contributed by atoms with Gasteiger partial charge in [-0.25, -0.2) is 4.79 Å². The number of ether oxygens (including phenoxy) is 2. The van der Waals surface area contributed by atoms with E-state index in [1.807, 2.05) is 0 Å². The summed E-state index contributed by atoms with van der Waals surface area (Å²) in [6.07, 6.45) is -3.15. The number of hydrogen-bond acceptors (Lipinski definition) is 6. The summed E-state index contributed by atoms with van der Waals surface area (Å²) in [5.74, 6) is -2.97. The first-order valence-electron chi connectivity index (χ1n) is 8.01. The second kappa shape index (κ2) is 6.75. The van der Waals surface area contributed by atoms with Crippen molar-refractivity contribution >= 4 is 29.4 Å². The van der Waals surface area contributed by atoms with E-state index in [-0.39, 0.29) is 19.1 Å². The first-order chi connectivity index (χ1) is 12.3. The summed E-state index contributed by atoms with van der Waals surface area (Å²) in [5, 5.41) is 9.26. The van der Waals surface area contributed by atoms with Gasteiger partial charge in [0.15, 0.2) is 6.10 Å². The van der Waals surface area contributed by atoms with Crippen molar-refractivity contribution in [2.24, 2.45) is 0 Å². The molecule has 2 aliphatic heterocycles. The number of carboxylic acid groups (broad SMARTS) is 1. The van der Waals surface area contributed by atoms with Crippen molar-refractivity contribution in [3.63, 3.8) is 0 Å². The number of rotatable bonds is 4. The normalized spacial score (nSPS) is 20.8. The summed E-state index contributed by atoms with van der Waals surface area (Å²) in [6, 6.07) is 5.02. The molecule has 1 fully saturated rings. The Morgan fingerprint density at radius 3 is 2.73 bits per heavy atom. The zero-order valence-corrected chi connectivity index (χ0v) is 14.3. The molecule has 2 atom stereocenters. The number of anilines is 1. The molecule has 2 heterocycles. The second-order valence-electron chi connectivity index (χ2n) is 6.15. The minimum Gasteiger partial charge on any atom is -0.478 e. The van der Waals surface area contributed by atoms with E-state index in [0.29, 0.717) is 17.8 Å². The lowest BCUT2D eigenvalue weighted by molar-refractivity contribution is -0.177. The van der Waals surface area contributed by atoms with Gasteiger partial charge in [-0.2, -0.15) is 0 Å². The van der Waals surface area contributed by atoms with Gasteiger partial charge in [-0.15, -0.1) is 0 Å². The number of amides is 2. The molecular formula is C17H18N2O7. The molecule has 3 rings (SSSR count). The van der Waals surface area contributed by atoms with E-state index in [9.17, 15) is 24.3 Å². The fourth-order valence-corrected chi connectivity index (χ4v) is 3.12. The average molecular weight is 362 g/mol. The maximum Gasteiger partial charge on any atom is 0.348 e. The molecule has 9 heteroatoms. The average Bonchev–Trinajstić information content (AvgIpc) is 2.86. The standard InChI is InChI=1S/C17H18N2O7/c1-9(20)26-14(17(23)24)13-16(22)19(5-6-25-13)11-3-4-12-10(7-11)8-18(2)15(12)21/h3-4,7,13-14H,5-6,8H2,1-2H3,(H,23,24). The molecule has 1 saturated heterocycles. The van der Waals surface area contributed by atoms with Crippen LogP contribution in [0.5, 0.6) is 0 Å². The number of carbonyl (C=O) groups is 4. The lowest BCUT2D eigenvalue weighted by atomic mass is 10.1. The number of esters is 1. The van der Waals surface area contributed by atoms with Crippen molar-refractivity contribution in [2.45, 2.75) is 25.7 Å². The summed E-state index contributed by atoms with van der Waals surface area (Å²) in [5.41, 5.74) is 1.91. The predicted octanol–water partition coefficient (Wildman–Crippen LogP) is 0.0203. The quantitative estimate of drug-likeness (QED) is 0.751. The monoisotopic (exact) mass is 362 g/mol. The number of carboxylic acids is 1. The summed E-state index contributed by atoms with van der Waals surface area (Å²) in [4.78, 5) is 50.2. The summed E-state index contributed by atoms with van der Waals surface area (Å²) in [7, 11) is 1.69. The molecule has 9 nitrogen and oxygen atoms in total. The first-order valence-corrected chi connectivity index (χ1v) is 8.01. The third kappa shape index (κ3) is 3.13. The van der Waals surface area contributed by atoms with Gasteiger partial charge < -0.3 is 24.4 Å². The van der Waals surface area contributed by atoms with Gasteiger partial charge in [-0.3, -0.25) is 14.4 Å². The summed E-state index contributed by atoms with van der Waals surface area (Å²) >= 11 is 0. The fourth-order valence-electron chi connectivity index (χ4n) is 3.12. The van der Waals surface area contributed by atoms with Crippen molar-refractivity contribution in [2.75, 3.05) is 25.1 Å². The van der Waals surface area contributed by atoms with Crippen LogP contribution >= 0.6 is 0 Å². The van der Waals surface area contributed by atoms with Crippen LogP contribution in [0.3, 0.4) is 0 Å². The predicted molar refractivity (Wildman–Crippen MR) is 87.5 cm³/mol. The van der Waals surface area contributed by atoms with E-state index < -0.39 is 30.1 Å². The molecule has 0 radical (unpaired) electrons. The first kappa shape index (κ1) is 17.9. The van der Waals surface area contributed by atoms with E-state index in [4.69, 9.17) is 9.47 Å². The third-order valence-electron chi connectivity index (χ3n) is 4.32. The highest BCUT2D eigenvalue weighted by atomic mass is 16.6. The molecule has 0 bridgehead atoms. The van der Waals surface area contributed by atoms with Crippen molar-refractivity contribution in [1.82, 2.24) is 4.90 Å². The Morgan fingerprint density at radius 1 is 1.35 bits per heavy atom. The zero-order chi connectivity index (χ0) is 19.0. The van der Waals surface area contributed by atoms with Crippen molar-refractivity contribution < 1.29 is 33.8 Å². The Bertz CT molecular complexity index is 791. The van der Waals surface area contributed by atoms with Gasteiger partial charge in [-0.05, 0) is 23.8 Å². The Kier molecular flexibility index (Phi) is 4.64. The molecule has 138 valence electrons. The van der Waals surface area contributed by atoms with Crippen LogP contribution < -0.4 is 4.90 Å². The zero-order valence-electron chi connectivity index (χ0n) is 14.3. The molecule has 2 amide bonds. The number of carbonyl (C=O) groups excluding carboxylic acids is 3. The van der Waals surface area contributed by atoms with Gasteiger partial charge in [0.1, 0.15) is 0 Å². The van der Waals surface area contributed by atoms with E-state index in [2.05, 4.69) is 0 Å². The molecule has 1 N–H and O–H groups in total. The van der Waals surface area contributed by atoms with Crippen molar-refractivity contribution in [3.05, 3.63) is 29.3 Å². The fraction of sp³-hybridized carbons (Fsp3) is 0.412. The van der Waals surface area contributed by atoms with E-state index in [1.165, 1.54) is 4.90 Å². The molecule has 0 aromatic heterocycles. The number of aliphatic carboxylic acids is 1. The Morgan fingerprint density at radius 2 is 2.08 bits per heavy atom. The summed E-state index contributed by atoms with van der Waals surface area (Å²) < 4.78 is 10.0. The maximum atomic E-state index is 12.8. The maximum absolute atomic E-state index is 12.8. The molecule has 1 aromatic rings. The third-order valence-corrected chi connectivity index (χ3v) is 4.32. The van der Waals surface area contributed by atoms with Gasteiger partial charge in [-0.1, -0.05) is 0 Å². The molecular weight excluding hydrogens is 344 g/mol. The second-order valence-corrected chi connectivity index (χ2v) is 6.15. The number of morpholine rings is 1. The topological polar surface area (TPSA) is 113 Å². The van der Waals surface area contributed by atoms with Gasteiger partial charge in [0.25, 0.3) is 11.8 Å². The van der Waals surface area contributed by atoms with Crippen molar-refractivity contribution in [1.29, 1.82) is 0 Å². The van der Waals surface area contributed by atoms with Crippen LogP contribution in [0.25, 0.3) is 0 Å². The molecule has 0 saturated carbocycles. The van der Waals surface area contributed by atoms with E-state index in [0.717, 1.165) is 12.5 Å². The van der Waals surface area contributed by atoms with Crippen LogP contribution in [-0.4, -0.2) is 66.2 Å². The van der Waals surface area contributed by atoms with Gasteiger partial charge in [0, 0.05) is 38.3 Å². The lowest BCUT2D eigenvalue weighted by Gasteiger charge is -2.34. The number of nitrogens with zero attached hydrogens (tertiary/aromatic N) is 2. The smallest absolute Gasteiger partial charge is 0.348 e. The van der Waals surface area contributed by atoms with Gasteiger partial charge in [0.05, 0.1) is 6.61 Å². The number of benzene rings is 1. The minimum atomic E-state index is -1.72. The van der Waals surface area contributed by atoms with Crippen molar-refractivity contribution in [3.8, 4) is 0 Å². The van der Waals surface area contributed by atoms with Crippen LogP contribution in [0.2, 0.25) is 0 Å². The Balaban J connectivity index is 1.86. The highest BCUT2D eigenvalue weighted by Gasteiger charge is 2.42. The largest absolute Gasteiger partial charge is 0.478 e. The molecule has 1 aromatic carbocycles. The van der Waals surface area contributed by atoms with E-state index >= 15 is 0 Å². The number of fused-ring (bicyclic) bond motifs is 1. The SMILES string of the molecule is CC(=O)OC(C(=O)O)C1OCCN(c2ccc3c(c2)CN(C)C3=O)C1=O. The Labute approximate surface area is 149 Å². The molecule has 26 heavy (non-hydrogen) atoms. The highest BCUT2D eigenvalue weighted by molar-refractivity contribution is 6.02. The van der Waals surface area contributed by atoms with Crippen LogP contribution in [0.15, 0.2) is 18.2 Å². The van der Waals surface area contributed by atoms with Crippen LogP contribution in [0, 0.1) is 0 Å². The molecule has 0 spiro atoms.